The number of aromatic nitrogens is 3. The first-order valence-corrected chi connectivity index (χ1v) is 7.40. The third kappa shape index (κ3) is 2.62. The number of aromatic amines is 1. The van der Waals surface area contributed by atoms with Crippen LogP contribution in [-0.4, -0.2) is 26.1 Å². The number of benzene rings is 1. The lowest BCUT2D eigenvalue weighted by Crippen LogP contribution is -2.20. The summed E-state index contributed by atoms with van der Waals surface area (Å²) in [6.45, 7) is 0. The van der Waals surface area contributed by atoms with E-state index in [0.717, 1.165) is 0 Å². The van der Waals surface area contributed by atoms with Crippen LogP contribution in [0.2, 0.25) is 0 Å². The fraction of sp³-hybridized carbons (Fsp3) is 0.133. The van der Waals surface area contributed by atoms with Crippen molar-refractivity contribution in [2.24, 2.45) is 7.05 Å². The highest BCUT2D eigenvalue weighted by Gasteiger charge is 2.12. The molecule has 0 saturated carbocycles. The number of thioether (sulfide) groups is 1. The molecular weight excluding hydrogens is 286 g/mol. The van der Waals surface area contributed by atoms with Gasteiger partial charge in [-0.2, -0.15) is 0 Å². The Balaban J connectivity index is 1.89. The summed E-state index contributed by atoms with van der Waals surface area (Å²) in [5, 5.41) is 1.12. The van der Waals surface area contributed by atoms with Crippen LogP contribution in [0.3, 0.4) is 0 Å². The minimum atomic E-state index is -0.101. The van der Waals surface area contributed by atoms with Crippen molar-refractivity contribution < 1.29 is 4.79 Å². The molecule has 0 fully saturated rings. The summed E-state index contributed by atoms with van der Waals surface area (Å²) in [6, 6.07) is 10.7. The zero-order valence-corrected chi connectivity index (χ0v) is 12.2. The van der Waals surface area contributed by atoms with Crippen molar-refractivity contribution in [3.05, 3.63) is 58.6 Å². The standard InChI is InChI=1S/C15H13N3O2S/c1-18-14(20)10-5-2-3-6-11(10)17-15(18)21-9-13(19)12-7-4-8-16-12/h2-8,16H,9H2,1H3. The van der Waals surface area contributed by atoms with Crippen LogP contribution >= 0.6 is 11.8 Å². The van der Waals surface area contributed by atoms with E-state index in [1.165, 1.54) is 16.3 Å². The molecule has 0 spiro atoms. The summed E-state index contributed by atoms with van der Waals surface area (Å²) < 4.78 is 1.48. The maximum absolute atomic E-state index is 12.2. The molecule has 6 heteroatoms. The minimum absolute atomic E-state index is 0.0209. The molecule has 0 atom stereocenters. The van der Waals surface area contributed by atoms with Crippen LogP contribution in [0.25, 0.3) is 10.9 Å². The SMILES string of the molecule is Cn1c(SCC(=O)c2ccc[nH]2)nc2ccccc2c1=O. The number of hydrogen-bond acceptors (Lipinski definition) is 4. The van der Waals surface area contributed by atoms with E-state index in [1.54, 1.807) is 37.5 Å². The van der Waals surface area contributed by atoms with Crippen molar-refractivity contribution in [1.82, 2.24) is 14.5 Å². The van der Waals surface area contributed by atoms with Crippen LogP contribution < -0.4 is 5.56 Å². The second-order valence-corrected chi connectivity index (χ2v) is 5.51. The van der Waals surface area contributed by atoms with Gasteiger partial charge in [-0.1, -0.05) is 23.9 Å². The average molecular weight is 299 g/mol. The van der Waals surface area contributed by atoms with Crippen LogP contribution in [0, 0.1) is 0 Å². The molecule has 1 aromatic carbocycles. The number of Topliss-reactive ketones (excluding diaryl/α,β-unsaturated/α-hetero) is 1. The van der Waals surface area contributed by atoms with E-state index < -0.39 is 0 Å². The normalized spacial score (nSPS) is 10.9. The molecule has 106 valence electrons. The third-order valence-corrected chi connectivity index (χ3v) is 4.20. The number of carbonyl (C=O) groups excluding carboxylic acids is 1. The minimum Gasteiger partial charge on any atom is -0.359 e. The fourth-order valence-corrected chi connectivity index (χ4v) is 2.89. The van der Waals surface area contributed by atoms with Gasteiger partial charge in [-0.25, -0.2) is 4.98 Å². The second kappa shape index (κ2) is 5.57. The predicted octanol–water partition coefficient (Wildman–Crippen LogP) is 2.24. The van der Waals surface area contributed by atoms with Gasteiger partial charge in [-0.3, -0.25) is 14.2 Å². The van der Waals surface area contributed by atoms with Gasteiger partial charge in [0, 0.05) is 13.2 Å². The van der Waals surface area contributed by atoms with Crippen molar-refractivity contribution in [1.29, 1.82) is 0 Å². The van der Waals surface area contributed by atoms with Crippen LogP contribution in [0.4, 0.5) is 0 Å². The third-order valence-electron chi connectivity index (χ3n) is 3.17. The quantitative estimate of drug-likeness (QED) is 0.456. The van der Waals surface area contributed by atoms with Crippen LogP contribution in [0.1, 0.15) is 10.5 Å². The lowest BCUT2D eigenvalue weighted by molar-refractivity contribution is 0.101. The Labute approximate surface area is 125 Å². The summed E-state index contributed by atoms with van der Waals surface area (Å²) >= 11 is 1.26. The van der Waals surface area contributed by atoms with Gasteiger partial charge in [0.1, 0.15) is 0 Å². The molecular formula is C15H13N3O2S. The molecule has 1 N–H and O–H groups in total. The number of fused-ring (bicyclic) bond motifs is 1. The zero-order chi connectivity index (χ0) is 14.8. The monoisotopic (exact) mass is 299 g/mol. The van der Waals surface area contributed by atoms with E-state index >= 15 is 0 Å². The van der Waals surface area contributed by atoms with Gasteiger partial charge in [0.25, 0.3) is 5.56 Å². The van der Waals surface area contributed by atoms with E-state index in [-0.39, 0.29) is 17.1 Å². The maximum Gasteiger partial charge on any atom is 0.261 e. The number of ketones is 1. The van der Waals surface area contributed by atoms with Crippen molar-refractivity contribution in [2.45, 2.75) is 5.16 Å². The molecule has 0 amide bonds. The largest absolute Gasteiger partial charge is 0.359 e. The molecule has 3 aromatic rings. The second-order valence-electron chi connectivity index (χ2n) is 4.57. The smallest absolute Gasteiger partial charge is 0.261 e. The molecule has 2 aromatic heterocycles. The topological polar surface area (TPSA) is 67.8 Å². The fourth-order valence-electron chi connectivity index (χ4n) is 2.04. The van der Waals surface area contributed by atoms with Gasteiger partial charge >= 0.3 is 0 Å². The predicted molar refractivity (Wildman–Crippen MR) is 82.8 cm³/mol. The number of nitrogens with one attached hydrogen (secondary N) is 1. The number of rotatable bonds is 4. The summed E-state index contributed by atoms with van der Waals surface area (Å²) in [7, 11) is 1.67. The molecule has 0 unspecified atom stereocenters. The van der Waals surface area contributed by atoms with E-state index in [2.05, 4.69) is 9.97 Å². The van der Waals surface area contributed by atoms with Gasteiger partial charge in [-0.05, 0) is 24.3 Å². The van der Waals surface area contributed by atoms with Crippen molar-refractivity contribution >= 4 is 28.4 Å². The number of hydrogen-bond donors (Lipinski definition) is 1. The molecule has 3 rings (SSSR count). The van der Waals surface area contributed by atoms with Crippen LogP contribution in [0.15, 0.2) is 52.5 Å². The molecule has 0 aliphatic rings. The van der Waals surface area contributed by atoms with Gasteiger partial charge in [0.05, 0.1) is 22.3 Å². The Bertz CT molecular complexity index is 853. The molecule has 0 saturated heterocycles. The molecule has 0 radical (unpaired) electrons. The molecule has 0 bridgehead atoms. The summed E-state index contributed by atoms with van der Waals surface area (Å²) in [5.74, 6) is 0.214. The Morgan fingerprint density at radius 3 is 2.86 bits per heavy atom. The Kier molecular flexibility index (Phi) is 3.62. The van der Waals surface area contributed by atoms with Gasteiger partial charge in [-0.15, -0.1) is 0 Å². The molecule has 0 aliphatic heterocycles. The summed E-state index contributed by atoms with van der Waals surface area (Å²) in [4.78, 5) is 31.5. The molecule has 0 aliphatic carbocycles. The zero-order valence-electron chi connectivity index (χ0n) is 11.4. The van der Waals surface area contributed by atoms with Gasteiger partial charge in [0.2, 0.25) is 0 Å². The van der Waals surface area contributed by atoms with E-state index in [4.69, 9.17) is 0 Å². The van der Waals surface area contributed by atoms with Crippen LogP contribution in [-0.2, 0) is 7.05 Å². The van der Waals surface area contributed by atoms with Gasteiger partial charge < -0.3 is 4.98 Å². The van der Waals surface area contributed by atoms with Crippen molar-refractivity contribution in [2.75, 3.05) is 5.75 Å². The van der Waals surface area contributed by atoms with E-state index in [1.807, 2.05) is 12.1 Å². The number of nitrogens with zero attached hydrogens (tertiary/aromatic N) is 2. The highest BCUT2D eigenvalue weighted by molar-refractivity contribution is 7.99. The lowest BCUT2D eigenvalue weighted by atomic mass is 10.2. The van der Waals surface area contributed by atoms with E-state index in [0.29, 0.717) is 21.8 Å². The van der Waals surface area contributed by atoms with E-state index in [9.17, 15) is 9.59 Å². The highest BCUT2D eigenvalue weighted by Crippen LogP contribution is 2.17. The number of para-hydroxylation sites is 1. The molecule has 2 heterocycles. The Hall–Kier alpha value is -2.34. The number of carbonyl (C=O) groups is 1. The average Bonchev–Trinajstić information content (AvgIpc) is 3.03. The maximum atomic E-state index is 12.2. The summed E-state index contributed by atoms with van der Waals surface area (Å²) in [5.41, 5.74) is 1.11. The summed E-state index contributed by atoms with van der Waals surface area (Å²) in [6.07, 6.45) is 1.71. The first-order valence-electron chi connectivity index (χ1n) is 6.42. The molecule has 5 nitrogen and oxygen atoms in total. The van der Waals surface area contributed by atoms with Gasteiger partial charge in [0.15, 0.2) is 10.9 Å². The van der Waals surface area contributed by atoms with Crippen molar-refractivity contribution in [3.63, 3.8) is 0 Å². The van der Waals surface area contributed by atoms with Crippen molar-refractivity contribution in [3.8, 4) is 0 Å². The van der Waals surface area contributed by atoms with Crippen LogP contribution in [0.5, 0.6) is 0 Å². The lowest BCUT2D eigenvalue weighted by Gasteiger charge is -2.07. The number of H-pyrrole nitrogens is 1. The Morgan fingerprint density at radius 1 is 1.29 bits per heavy atom. The first-order chi connectivity index (χ1) is 10.2. The highest BCUT2D eigenvalue weighted by atomic mass is 32.2. The molecule has 21 heavy (non-hydrogen) atoms. The Morgan fingerprint density at radius 2 is 2.10 bits per heavy atom. The first kappa shape index (κ1) is 13.6.